The van der Waals surface area contributed by atoms with Crippen LogP contribution in [0.5, 0.6) is 0 Å². The molecule has 0 aromatic heterocycles. The van der Waals surface area contributed by atoms with Crippen molar-refractivity contribution in [1.82, 2.24) is 0 Å². The van der Waals surface area contributed by atoms with Gasteiger partial charge in [-0.05, 0) is 55.3 Å². The van der Waals surface area contributed by atoms with Crippen molar-refractivity contribution < 1.29 is 0 Å². The minimum atomic E-state index is 0.862. The van der Waals surface area contributed by atoms with E-state index in [4.69, 9.17) is 0 Å². The Labute approximate surface area is 63.0 Å². The quantitative estimate of drug-likeness (QED) is 0.547. The molecule has 10 heavy (non-hydrogen) atoms. The highest BCUT2D eigenvalue weighted by atomic mass is 14.7. The van der Waals surface area contributed by atoms with Crippen LogP contribution < -0.4 is 0 Å². The molecule has 3 aliphatic carbocycles. The van der Waals surface area contributed by atoms with Gasteiger partial charge in [0.15, 0.2) is 0 Å². The van der Waals surface area contributed by atoms with Gasteiger partial charge in [0, 0.05) is 0 Å². The fraction of sp³-hybridized carbons (Fsp3) is 1.00. The summed E-state index contributed by atoms with van der Waals surface area (Å²) in [4.78, 5) is 0. The number of hydrogen-bond donors (Lipinski definition) is 0. The van der Waals surface area contributed by atoms with E-state index in [1.807, 2.05) is 0 Å². The van der Waals surface area contributed by atoms with Crippen LogP contribution in [0, 0.1) is 23.2 Å². The lowest BCUT2D eigenvalue weighted by Gasteiger charge is -2.07. The Hall–Kier alpha value is 0. The van der Waals surface area contributed by atoms with Gasteiger partial charge in [0.2, 0.25) is 0 Å². The largest absolute Gasteiger partial charge is 0.0591 e. The molecule has 56 valence electrons. The van der Waals surface area contributed by atoms with E-state index in [1.54, 1.807) is 32.1 Å². The first kappa shape index (κ1) is 5.62. The van der Waals surface area contributed by atoms with Gasteiger partial charge in [0.25, 0.3) is 0 Å². The summed E-state index contributed by atoms with van der Waals surface area (Å²) in [6, 6.07) is 0. The molecule has 0 amide bonds. The lowest BCUT2D eigenvalue weighted by atomic mass is 9.98. The Morgan fingerprint density at radius 2 is 1.80 bits per heavy atom. The van der Waals surface area contributed by atoms with Crippen molar-refractivity contribution in [3.05, 3.63) is 0 Å². The molecule has 0 spiro atoms. The van der Waals surface area contributed by atoms with Crippen molar-refractivity contribution in [2.45, 2.75) is 39.0 Å². The Morgan fingerprint density at radius 3 is 2.30 bits per heavy atom. The lowest BCUT2D eigenvalue weighted by molar-refractivity contribution is 0.414. The molecule has 0 heterocycles. The summed E-state index contributed by atoms with van der Waals surface area (Å²) in [7, 11) is 0. The third-order valence-electron chi connectivity index (χ3n) is 4.05. The van der Waals surface area contributed by atoms with Crippen LogP contribution in [0.25, 0.3) is 0 Å². The summed E-state index contributed by atoms with van der Waals surface area (Å²) in [5.41, 5.74) is 0.862. The Morgan fingerprint density at radius 1 is 1.10 bits per heavy atom. The maximum atomic E-state index is 2.54. The molecule has 0 bridgehead atoms. The van der Waals surface area contributed by atoms with Gasteiger partial charge < -0.3 is 0 Å². The second-order valence-corrected chi connectivity index (χ2v) is 4.93. The zero-order chi connectivity index (χ0) is 6.77. The Bertz CT molecular complexity index is 165. The zero-order valence-corrected chi connectivity index (χ0v) is 6.77. The number of hydrogen-bond acceptors (Lipinski definition) is 0. The van der Waals surface area contributed by atoms with Crippen LogP contribution >= 0.6 is 0 Å². The molecule has 0 aromatic rings. The van der Waals surface area contributed by atoms with E-state index in [0.717, 1.165) is 11.3 Å². The molecule has 0 aromatic carbocycles. The first-order valence-electron chi connectivity index (χ1n) is 4.81. The van der Waals surface area contributed by atoms with Gasteiger partial charge in [-0.25, -0.2) is 0 Å². The van der Waals surface area contributed by atoms with E-state index in [0.29, 0.717) is 0 Å². The molecule has 3 rings (SSSR count). The minimum Gasteiger partial charge on any atom is -0.0591 e. The van der Waals surface area contributed by atoms with Crippen LogP contribution in [0.1, 0.15) is 39.0 Å². The summed E-state index contributed by atoms with van der Waals surface area (Å²) < 4.78 is 0. The second-order valence-electron chi connectivity index (χ2n) is 4.93. The third kappa shape index (κ3) is 0.627. The molecule has 0 saturated heterocycles. The molecule has 3 saturated carbocycles. The summed E-state index contributed by atoms with van der Waals surface area (Å²) in [5, 5.41) is 0. The van der Waals surface area contributed by atoms with Crippen molar-refractivity contribution in [3.63, 3.8) is 0 Å². The van der Waals surface area contributed by atoms with Crippen molar-refractivity contribution in [1.29, 1.82) is 0 Å². The van der Waals surface area contributed by atoms with Gasteiger partial charge in [-0.3, -0.25) is 0 Å². The van der Waals surface area contributed by atoms with Crippen LogP contribution in [0.4, 0.5) is 0 Å². The molecule has 0 N–H and O–H groups in total. The topological polar surface area (TPSA) is 0 Å². The average molecular weight is 136 g/mol. The molecule has 0 heteroatoms. The maximum Gasteiger partial charge on any atom is -0.0263 e. The van der Waals surface area contributed by atoms with Crippen molar-refractivity contribution >= 4 is 0 Å². The van der Waals surface area contributed by atoms with Crippen LogP contribution in [-0.4, -0.2) is 0 Å². The van der Waals surface area contributed by atoms with E-state index in [1.165, 1.54) is 11.8 Å². The molecule has 2 atom stereocenters. The molecular formula is C10H16. The minimum absolute atomic E-state index is 0.862. The van der Waals surface area contributed by atoms with E-state index in [-0.39, 0.29) is 0 Å². The van der Waals surface area contributed by atoms with Crippen LogP contribution in [-0.2, 0) is 0 Å². The fourth-order valence-electron chi connectivity index (χ4n) is 2.83. The first-order valence-corrected chi connectivity index (χ1v) is 4.81. The van der Waals surface area contributed by atoms with E-state index >= 15 is 0 Å². The molecule has 0 aliphatic heterocycles. The molecule has 0 nitrogen and oxygen atoms in total. The van der Waals surface area contributed by atoms with E-state index in [2.05, 4.69) is 6.92 Å². The molecular weight excluding hydrogens is 120 g/mol. The molecule has 0 radical (unpaired) electrons. The van der Waals surface area contributed by atoms with Crippen molar-refractivity contribution in [3.8, 4) is 0 Å². The highest BCUT2D eigenvalue weighted by Crippen LogP contribution is 2.70. The normalized spacial score (nSPS) is 53.1. The van der Waals surface area contributed by atoms with Crippen molar-refractivity contribution in [2.75, 3.05) is 0 Å². The van der Waals surface area contributed by atoms with Crippen molar-refractivity contribution in [2.24, 2.45) is 23.2 Å². The molecule has 3 fully saturated rings. The van der Waals surface area contributed by atoms with Gasteiger partial charge in [0.1, 0.15) is 0 Å². The third-order valence-corrected chi connectivity index (χ3v) is 4.05. The standard InChI is InChI=1S/C10H16/c1-10(8-4-5-8)6-9(10)7-2-3-7/h7-9H,2-6H2,1H3. The summed E-state index contributed by atoms with van der Waals surface area (Å²) in [6.07, 6.45) is 7.82. The first-order chi connectivity index (χ1) is 4.81. The Balaban J connectivity index is 1.72. The van der Waals surface area contributed by atoms with Gasteiger partial charge in [-0.15, -0.1) is 0 Å². The molecule has 3 aliphatic rings. The van der Waals surface area contributed by atoms with Gasteiger partial charge in [-0.1, -0.05) is 6.92 Å². The van der Waals surface area contributed by atoms with Crippen LogP contribution in [0.2, 0.25) is 0 Å². The zero-order valence-electron chi connectivity index (χ0n) is 6.77. The Kier molecular flexibility index (Phi) is 0.810. The predicted molar refractivity (Wildman–Crippen MR) is 41.7 cm³/mol. The summed E-state index contributed by atoms with van der Waals surface area (Å²) in [6.45, 7) is 2.54. The molecule has 2 unspecified atom stereocenters. The van der Waals surface area contributed by atoms with E-state index in [9.17, 15) is 0 Å². The van der Waals surface area contributed by atoms with Gasteiger partial charge in [-0.2, -0.15) is 0 Å². The van der Waals surface area contributed by atoms with Crippen LogP contribution in [0.3, 0.4) is 0 Å². The van der Waals surface area contributed by atoms with E-state index < -0.39 is 0 Å². The summed E-state index contributed by atoms with van der Waals surface area (Å²) in [5.74, 6) is 3.53. The second kappa shape index (κ2) is 1.44. The van der Waals surface area contributed by atoms with Gasteiger partial charge in [0.05, 0.1) is 0 Å². The highest BCUT2D eigenvalue weighted by Gasteiger charge is 2.62. The average Bonchev–Trinajstić information content (AvgIpc) is 2.72. The highest BCUT2D eigenvalue weighted by molar-refractivity contribution is 5.11. The van der Waals surface area contributed by atoms with Gasteiger partial charge >= 0.3 is 0 Å². The predicted octanol–water partition coefficient (Wildman–Crippen LogP) is 2.83. The SMILES string of the molecule is CC1(C2CC2)CC1C1CC1. The maximum absolute atomic E-state index is 2.54. The monoisotopic (exact) mass is 136 g/mol. The lowest BCUT2D eigenvalue weighted by Crippen LogP contribution is -2.01. The number of rotatable bonds is 2. The summed E-state index contributed by atoms with van der Waals surface area (Å²) >= 11 is 0. The fourth-order valence-corrected chi connectivity index (χ4v) is 2.83. The smallest absolute Gasteiger partial charge is 0.0263 e. The van der Waals surface area contributed by atoms with Crippen LogP contribution in [0.15, 0.2) is 0 Å².